The average molecular weight is 200 g/mol. The van der Waals surface area contributed by atoms with Gasteiger partial charge in [-0.05, 0) is 26.7 Å². The number of rotatable bonds is 4. The highest BCUT2D eigenvalue weighted by molar-refractivity contribution is 5.76. The van der Waals surface area contributed by atoms with Crippen LogP contribution in [0.5, 0.6) is 0 Å². The summed E-state index contributed by atoms with van der Waals surface area (Å²) in [5, 5.41) is 13.0. The van der Waals surface area contributed by atoms with Crippen molar-refractivity contribution in [3.05, 3.63) is 0 Å². The van der Waals surface area contributed by atoms with E-state index in [1.54, 1.807) is 11.9 Å². The van der Waals surface area contributed by atoms with Crippen molar-refractivity contribution < 1.29 is 9.90 Å². The van der Waals surface area contributed by atoms with Gasteiger partial charge in [-0.1, -0.05) is 0 Å². The van der Waals surface area contributed by atoms with E-state index in [1.807, 2.05) is 6.92 Å². The van der Waals surface area contributed by atoms with Crippen LogP contribution in [-0.2, 0) is 4.79 Å². The molecule has 0 radical (unpaired) electrons. The summed E-state index contributed by atoms with van der Waals surface area (Å²) >= 11 is 0. The second kappa shape index (κ2) is 5.32. The number of nitrogens with zero attached hydrogens (tertiary/aromatic N) is 2. The molecule has 14 heavy (non-hydrogen) atoms. The smallest absolute Gasteiger partial charge is 0.236 e. The molecule has 1 unspecified atom stereocenters. The van der Waals surface area contributed by atoms with Gasteiger partial charge in [0.25, 0.3) is 0 Å². The number of hydrazine groups is 1. The van der Waals surface area contributed by atoms with Crippen LogP contribution in [0.25, 0.3) is 0 Å². The molecule has 0 aliphatic carbocycles. The molecular weight excluding hydrogens is 180 g/mol. The average Bonchev–Trinajstić information content (AvgIpc) is 2.14. The van der Waals surface area contributed by atoms with Gasteiger partial charge in [-0.25, -0.2) is 5.01 Å². The summed E-state index contributed by atoms with van der Waals surface area (Å²) in [6, 6.07) is 0. The first kappa shape index (κ1) is 11.5. The SMILES string of the molecule is CCN1C(=O)CCCN1CCC(C)O. The van der Waals surface area contributed by atoms with E-state index in [2.05, 4.69) is 5.01 Å². The minimum Gasteiger partial charge on any atom is -0.393 e. The monoisotopic (exact) mass is 200 g/mol. The van der Waals surface area contributed by atoms with Crippen LogP contribution in [0.1, 0.15) is 33.1 Å². The molecule has 1 amide bonds. The number of aliphatic hydroxyl groups is 1. The summed E-state index contributed by atoms with van der Waals surface area (Å²) in [6.45, 7) is 6.21. The summed E-state index contributed by atoms with van der Waals surface area (Å²) in [7, 11) is 0. The predicted octanol–water partition coefficient (Wildman–Crippen LogP) is 0.617. The molecule has 1 rings (SSSR count). The van der Waals surface area contributed by atoms with Crippen molar-refractivity contribution >= 4 is 5.91 Å². The molecule has 4 heteroatoms. The Balaban J connectivity index is 2.44. The largest absolute Gasteiger partial charge is 0.393 e. The fraction of sp³-hybridized carbons (Fsp3) is 0.900. The van der Waals surface area contributed by atoms with E-state index in [1.165, 1.54) is 0 Å². The Morgan fingerprint density at radius 2 is 2.29 bits per heavy atom. The number of aliphatic hydroxyl groups excluding tert-OH is 1. The maximum absolute atomic E-state index is 11.5. The van der Waals surface area contributed by atoms with Crippen molar-refractivity contribution in [2.45, 2.75) is 39.2 Å². The normalized spacial score (nSPS) is 21.4. The van der Waals surface area contributed by atoms with Gasteiger partial charge in [0.2, 0.25) is 5.91 Å². The first-order valence-electron chi connectivity index (χ1n) is 5.38. The van der Waals surface area contributed by atoms with E-state index in [-0.39, 0.29) is 12.0 Å². The van der Waals surface area contributed by atoms with Gasteiger partial charge in [0.05, 0.1) is 6.10 Å². The third-order valence-electron chi connectivity index (χ3n) is 2.54. The van der Waals surface area contributed by atoms with Gasteiger partial charge >= 0.3 is 0 Å². The highest BCUT2D eigenvalue weighted by Gasteiger charge is 2.24. The van der Waals surface area contributed by atoms with E-state index < -0.39 is 0 Å². The molecule has 1 saturated heterocycles. The Bertz CT molecular complexity index is 195. The van der Waals surface area contributed by atoms with Gasteiger partial charge in [0, 0.05) is 26.1 Å². The van der Waals surface area contributed by atoms with E-state index in [0.29, 0.717) is 6.42 Å². The zero-order chi connectivity index (χ0) is 10.6. The fourth-order valence-corrected chi connectivity index (χ4v) is 1.77. The van der Waals surface area contributed by atoms with Crippen molar-refractivity contribution in [3.8, 4) is 0 Å². The predicted molar refractivity (Wildman–Crippen MR) is 54.5 cm³/mol. The molecule has 1 N–H and O–H groups in total. The third-order valence-corrected chi connectivity index (χ3v) is 2.54. The van der Waals surface area contributed by atoms with Crippen LogP contribution in [-0.4, -0.2) is 46.8 Å². The molecule has 0 aromatic heterocycles. The topological polar surface area (TPSA) is 43.8 Å². The Kier molecular flexibility index (Phi) is 4.35. The second-order valence-electron chi connectivity index (χ2n) is 3.80. The standard InChI is InChI=1S/C10H20N2O2/c1-3-12-10(14)5-4-7-11(12)8-6-9(2)13/h9,13H,3-8H2,1-2H3. The van der Waals surface area contributed by atoms with Crippen LogP contribution < -0.4 is 0 Å². The number of hydrogen-bond acceptors (Lipinski definition) is 3. The summed E-state index contributed by atoms with van der Waals surface area (Å²) in [5.74, 6) is 0.212. The molecule has 4 nitrogen and oxygen atoms in total. The molecule has 0 aromatic carbocycles. The quantitative estimate of drug-likeness (QED) is 0.723. The lowest BCUT2D eigenvalue weighted by atomic mass is 10.2. The van der Waals surface area contributed by atoms with Gasteiger partial charge in [0.15, 0.2) is 0 Å². The Hall–Kier alpha value is -0.610. The molecule has 0 spiro atoms. The minimum absolute atomic E-state index is 0.212. The molecular formula is C10H20N2O2. The molecule has 82 valence electrons. The number of amides is 1. The van der Waals surface area contributed by atoms with Gasteiger partial charge in [0.1, 0.15) is 0 Å². The van der Waals surface area contributed by atoms with Crippen molar-refractivity contribution in [3.63, 3.8) is 0 Å². The van der Waals surface area contributed by atoms with Gasteiger partial charge in [-0.2, -0.15) is 0 Å². The van der Waals surface area contributed by atoms with Crippen molar-refractivity contribution in [2.75, 3.05) is 19.6 Å². The Morgan fingerprint density at radius 3 is 2.86 bits per heavy atom. The molecule has 0 saturated carbocycles. The highest BCUT2D eigenvalue weighted by atomic mass is 16.3. The van der Waals surface area contributed by atoms with Crippen molar-refractivity contribution in [1.82, 2.24) is 10.0 Å². The first-order chi connectivity index (χ1) is 6.65. The molecule has 1 fully saturated rings. The third kappa shape index (κ3) is 2.96. The highest BCUT2D eigenvalue weighted by Crippen LogP contribution is 2.12. The van der Waals surface area contributed by atoms with Crippen LogP contribution in [0.4, 0.5) is 0 Å². The number of carbonyl (C=O) groups excluding carboxylic acids is 1. The van der Waals surface area contributed by atoms with Crippen molar-refractivity contribution in [2.24, 2.45) is 0 Å². The lowest BCUT2D eigenvalue weighted by Gasteiger charge is -2.38. The van der Waals surface area contributed by atoms with Crippen LogP contribution in [0.15, 0.2) is 0 Å². The second-order valence-corrected chi connectivity index (χ2v) is 3.80. The van der Waals surface area contributed by atoms with Gasteiger partial charge in [-0.3, -0.25) is 9.80 Å². The van der Waals surface area contributed by atoms with Gasteiger partial charge in [-0.15, -0.1) is 0 Å². The first-order valence-corrected chi connectivity index (χ1v) is 5.38. The van der Waals surface area contributed by atoms with E-state index >= 15 is 0 Å². The molecule has 1 aliphatic rings. The minimum atomic E-state index is -0.286. The molecule has 1 aliphatic heterocycles. The number of carbonyl (C=O) groups is 1. The fourth-order valence-electron chi connectivity index (χ4n) is 1.77. The summed E-state index contributed by atoms with van der Waals surface area (Å²) in [4.78, 5) is 11.5. The maximum Gasteiger partial charge on any atom is 0.236 e. The Labute approximate surface area is 85.5 Å². The molecule has 0 bridgehead atoms. The molecule has 1 atom stereocenters. The summed E-state index contributed by atoms with van der Waals surface area (Å²) in [5.41, 5.74) is 0. The summed E-state index contributed by atoms with van der Waals surface area (Å²) < 4.78 is 0. The van der Waals surface area contributed by atoms with Crippen LogP contribution in [0.2, 0.25) is 0 Å². The number of hydrogen-bond donors (Lipinski definition) is 1. The van der Waals surface area contributed by atoms with Crippen LogP contribution in [0.3, 0.4) is 0 Å². The van der Waals surface area contributed by atoms with Crippen LogP contribution in [0, 0.1) is 0 Å². The van der Waals surface area contributed by atoms with Crippen molar-refractivity contribution in [1.29, 1.82) is 0 Å². The molecule has 1 heterocycles. The molecule has 0 aromatic rings. The zero-order valence-electron chi connectivity index (χ0n) is 9.07. The summed E-state index contributed by atoms with van der Waals surface area (Å²) in [6.07, 6.45) is 2.04. The van der Waals surface area contributed by atoms with Crippen LogP contribution >= 0.6 is 0 Å². The maximum atomic E-state index is 11.5. The van der Waals surface area contributed by atoms with E-state index in [4.69, 9.17) is 0 Å². The Morgan fingerprint density at radius 1 is 1.57 bits per heavy atom. The lowest BCUT2D eigenvalue weighted by molar-refractivity contribution is -0.155. The lowest BCUT2D eigenvalue weighted by Crippen LogP contribution is -2.50. The van der Waals surface area contributed by atoms with E-state index in [0.717, 1.165) is 32.5 Å². The van der Waals surface area contributed by atoms with Gasteiger partial charge < -0.3 is 5.11 Å². The van der Waals surface area contributed by atoms with E-state index in [9.17, 15) is 9.90 Å². The zero-order valence-corrected chi connectivity index (χ0v) is 9.07.